The summed E-state index contributed by atoms with van der Waals surface area (Å²) in [6.07, 6.45) is -6.72. The lowest BCUT2D eigenvalue weighted by Crippen LogP contribution is -2.24. The number of rotatable bonds is 13. The van der Waals surface area contributed by atoms with Gasteiger partial charge >= 0.3 is 6.18 Å². The fraction of sp³-hybridized carbons (Fsp3) is 0.393. The van der Waals surface area contributed by atoms with Crippen molar-refractivity contribution in [2.24, 2.45) is 0 Å². The van der Waals surface area contributed by atoms with Crippen LogP contribution >= 0.6 is 0 Å². The standard InChI is InChI=1S/C28H29F3O10S4/c1-3-10-42(33,34)22-14-17(15-25(32)28(29,30)31)18-6-7-20-24(44(37,38)12-5-13-45(39,40)41)16-23(43(35,36)11-4-2)21-9-8-19(22)26(18)27(20)21/h6-9,14,16H,3-5,10-13,15H2,1-2H3,(H,39,40,41). The summed E-state index contributed by atoms with van der Waals surface area (Å²) >= 11 is 0. The average Bonchev–Trinajstić information content (AvgIpc) is 2.90. The minimum absolute atomic E-state index is 0.000445. The summed E-state index contributed by atoms with van der Waals surface area (Å²) in [5.74, 6) is -4.65. The summed E-state index contributed by atoms with van der Waals surface area (Å²) in [4.78, 5) is 10.8. The number of carbonyl (C=O) groups is 1. The SMILES string of the molecule is CCCS(=O)(=O)c1cc(CC(=O)C(F)(F)F)c2ccc3c(S(=O)(=O)CCCS(=O)(=O)O)cc(S(=O)(=O)CCC)c4ccc1c2c43. The molecule has 4 rings (SSSR count). The number of halogens is 3. The van der Waals surface area contributed by atoms with Crippen LogP contribution in [-0.2, 0) is 50.8 Å². The molecule has 17 heteroatoms. The minimum atomic E-state index is -5.24. The molecule has 0 unspecified atom stereocenters. The van der Waals surface area contributed by atoms with E-state index in [1.54, 1.807) is 13.8 Å². The molecular weight excluding hydrogens is 682 g/mol. The Morgan fingerprint density at radius 2 is 1.04 bits per heavy atom. The van der Waals surface area contributed by atoms with Crippen LogP contribution in [0.3, 0.4) is 0 Å². The number of carbonyl (C=O) groups excluding carboxylic acids is 1. The minimum Gasteiger partial charge on any atom is -0.289 e. The van der Waals surface area contributed by atoms with Gasteiger partial charge in [-0.2, -0.15) is 21.6 Å². The van der Waals surface area contributed by atoms with Gasteiger partial charge in [-0.3, -0.25) is 9.35 Å². The molecule has 45 heavy (non-hydrogen) atoms. The molecule has 0 aliphatic rings. The molecule has 0 bridgehead atoms. The van der Waals surface area contributed by atoms with Gasteiger partial charge in [0.05, 0.1) is 37.7 Å². The third-order valence-electron chi connectivity index (χ3n) is 7.30. The van der Waals surface area contributed by atoms with Gasteiger partial charge in [-0.05, 0) is 53.1 Å². The number of alkyl halides is 3. The number of hydrogen-bond donors (Lipinski definition) is 1. The first-order chi connectivity index (χ1) is 20.6. The Bertz CT molecular complexity index is 2260. The van der Waals surface area contributed by atoms with E-state index in [0.717, 1.165) is 12.1 Å². The van der Waals surface area contributed by atoms with Gasteiger partial charge in [0.25, 0.3) is 10.1 Å². The Balaban J connectivity index is 2.22. The smallest absolute Gasteiger partial charge is 0.289 e. The first kappa shape index (κ1) is 35.0. The maximum Gasteiger partial charge on any atom is 0.450 e. The summed E-state index contributed by atoms with van der Waals surface area (Å²) in [5, 5.41) is -0.176. The first-order valence-corrected chi connectivity index (χ1v) is 20.2. The van der Waals surface area contributed by atoms with Crippen LogP contribution in [0.4, 0.5) is 13.2 Å². The van der Waals surface area contributed by atoms with E-state index in [1.807, 2.05) is 0 Å². The van der Waals surface area contributed by atoms with Gasteiger partial charge in [0.1, 0.15) is 0 Å². The van der Waals surface area contributed by atoms with Crippen LogP contribution in [0.5, 0.6) is 0 Å². The first-order valence-electron chi connectivity index (χ1n) is 13.7. The predicted molar refractivity (Wildman–Crippen MR) is 163 cm³/mol. The molecule has 4 aromatic carbocycles. The van der Waals surface area contributed by atoms with Gasteiger partial charge in [0.15, 0.2) is 29.5 Å². The van der Waals surface area contributed by atoms with Gasteiger partial charge < -0.3 is 0 Å². The van der Waals surface area contributed by atoms with Crippen molar-refractivity contribution in [3.8, 4) is 0 Å². The fourth-order valence-corrected chi connectivity index (χ4v) is 10.9. The van der Waals surface area contributed by atoms with Gasteiger partial charge in [-0.1, -0.05) is 38.1 Å². The molecule has 0 fully saturated rings. The van der Waals surface area contributed by atoms with Crippen molar-refractivity contribution in [3.05, 3.63) is 42.0 Å². The Kier molecular flexibility index (Phi) is 9.38. The lowest BCUT2D eigenvalue weighted by Gasteiger charge is -2.21. The molecular formula is C28H29F3O10S4. The Morgan fingerprint density at radius 3 is 1.47 bits per heavy atom. The van der Waals surface area contributed by atoms with Crippen molar-refractivity contribution < 1.29 is 56.2 Å². The van der Waals surface area contributed by atoms with Crippen LogP contribution in [0.1, 0.15) is 38.7 Å². The van der Waals surface area contributed by atoms with Crippen LogP contribution in [0.15, 0.2) is 51.1 Å². The summed E-state index contributed by atoms with van der Waals surface area (Å²) in [6.45, 7) is 3.15. The molecule has 4 aromatic rings. The normalized spacial score (nSPS) is 13.7. The molecule has 0 aliphatic carbocycles. The van der Waals surface area contributed by atoms with Crippen molar-refractivity contribution in [2.75, 3.05) is 23.0 Å². The number of Topliss-reactive ketones (excluding diaryl/α,β-unsaturated/α-hetero) is 1. The molecule has 0 saturated carbocycles. The molecule has 1 N–H and O–H groups in total. The molecule has 0 amide bonds. The maximum atomic E-state index is 13.6. The lowest BCUT2D eigenvalue weighted by atomic mass is 9.90. The van der Waals surface area contributed by atoms with E-state index in [9.17, 15) is 51.6 Å². The van der Waals surface area contributed by atoms with Crippen LogP contribution in [0, 0.1) is 0 Å². The summed E-state index contributed by atoms with van der Waals surface area (Å²) in [7, 11) is -17.3. The van der Waals surface area contributed by atoms with Crippen molar-refractivity contribution >= 4 is 77.7 Å². The van der Waals surface area contributed by atoms with Crippen molar-refractivity contribution in [3.63, 3.8) is 0 Å². The molecule has 0 atom stereocenters. The zero-order valence-electron chi connectivity index (χ0n) is 24.0. The third kappa shape index (κ3) is 6.96. The van der Waals surface area contributed by atoms with Crippen LogP contribution in [0.2, 0.25) is 0 Å². The quantitative estimate of drug-likeness (QED) is 0.152. The van der Waals surface area contributed by atoms with Crippen LogP contribution in [-0.4, -0.2) is 73.2 Å². The summed E-state index contributed by atoms with van der Waals surface area (Å²) in [5.41, 5.74) is -0.298. The second-order valence-electron chi connectivity index (χ2n) is 10.7. The van der Waals surface area contributed by atoms with E-state index in [1.165, 1.54) is 24.3 Å². The summed E-state index contributed by atoms with van der Waals surface area (Å²) < 4.78 is 152. The Morgan fingerprint density at radius 1 is 0.644 bits per heavy atom. The number of hydrogen-bond acceptors (Lipinski definition) is 9. The maximum absolute atomic E-state index is 13.6. The molecule has 0 spiro atoms. The summed E-state index contributed by atoms with van der Waals surface area (Å²) in [6, 6.07) is 7.05. The lowest BCUT2D eigenvalue weighted by molar-refractivity contribution is -0.170. The zero-order valence-corrected chi connectivity index (χ0v) is 27.3. The second kappa shape index (κ2) is 12.1. The monoisotopic (exact) mass is 710 g/mol. The van der Waals surface area contributed by atoms with Gasteiger partial charge in [-0.15, -0.1) is 0 Å². The van der Waals surface area contributed by atoms with E-state index >= 15 is 0 Å². The van der Waals surface area contributed by atoms with Gasteiger partial charge in [0.2, 0.25) is 5.78 Å². The third-order valence-corrected chi connectivity index (χ3v) is 13.8. The van der Waals surface area contributed by atoms with Crippen molar-refractivity contribution in [2.45, 2.75) is 60.4 Å². The van der Waals surface area contributed by atoms with E-state index in [4.69, 9.17) is 4.55 Å². The molecule has 10 nitrogen and oxygen atoms in total. The Labute approximate surface area is 258 Å². The second-order valence-corrected chi connectivity index (χ2v) is 18.5. The zero-order chi connectivity index (χ0) is 33.8. The molecule has 0 saturated heterocycles. The molecule has 0 heterocycles. The molecule has 0 aliphatic heterocycles. The highest BCUT2D eigenvalue weighted by Crippen LogP contribution is 2.44. The van der Waals surface area contributed by atoms with Crippen LogP contribution in [0.25, 0.3) is 32.3 Å². The predicted octanol–water partition coefficient (Wildman–Crippen LogP) is 4.68. The molecule has 246 valence electrons. The number of ketones is 1. The Hall–Kier alpha value is -2.86. The van der Waals surface area contributed by atoms with Crippen molar-refractivity contribution in [1.82, 2.24) is 0 Å². The van der Waals surface area contributed by atoms with E-state index in [2.05, 4.69) is 0 Å². The molecule has 0 radical (unpaired) electrons. The van der Waals surface area contributed by atoms with E-state index in [0.29, 0.717) is 0 Å². The number of sulfone groups is 3. The van der Waals surface area contributed by atoms with E-state index in [-0.39, 0.29) is 50.7 Å². The van der Waals surface area contributed by atoms with Gasteiger partial charge in [-0.25, -0.2) is 25.3 Å². The highest BCUT2D eigenvalue weighted by Gasteiger charge is 2.38. The topological polar surface area (TPSA) is 174 Å². The highest BCUT2D eigenvalue weighted by atomic mass is 32.2. The van der Waals surface area contributed by atoms with Gasteiger partial charge in [0, 0.05) is 22.6 Å². The van der Waals surface area contributed by atoms with E-state index < -0.39 is 102 Å². The van der Waals surface area contributed by atoms with Crippen molar-refractivity contribution in [1.29, 1.82) is 0 Å². The largest absolute Gasteiger partial charge is 0.450 e. The van der Waals surface area contributed by atoms with Crippen LogP contribution < -0.4 is 0 Å². The molecule has 0 aromatic heterocycles. The number of benzene rings is 4. The highest BCUT2D eigenvalue weighted by molar-refractivity contribution is 7.92. The fourth-order valence-electron chi connectivity index (χ4n) is 5.46. The average molecular weight is 711 g/mol.